The van der Waals surface area contributed by atoms with Gasteiger partial charge in [0, 0.05) is 32.0 Å². The number of fused-ring (bicyclic) bond motifs is 3. The van der Waals surface area contributed by atoms with Gasteiger partial charge in [0.25, 0.3) is 0 Å². The van der Waals surface area contributed by atoms with E-state index in [9.17, 15) is 0 Å². The van der Waals surface area contributed by atoms with Crippen molar-refractivity contribution in [1.29, 1.82) is 0 Å². The first-order valence-electron chi connectivity index (χ1n) is 4.50. The van der Waals surface area contributed by atoms with Crippen LogP contribution in [0.2, 0.25) is 0 Å². The fourth-order valence-corrected chi connectivity index (χ4v) is 1.70. The maximum atomic E-state index is 4.32. The molecule has 4 heteroatoms. The van der Waals surface area contributed by atoms with Crippen LogP contribution in [0.1, 0.15) is 5.69 Å². The summed E-state index contributed by atoms with van der Waals surface area (Å²) in [7, 11) is 0. The molecule has 3 rings (SSSR count). The Morgan fingerprint density at radius 3 is 2.93 bits per heavy atom. The van der Waals surface area contributed by atoms with Gasteiger partial charge in [-0.3, -0.25) is 4.98 Å². The van der Waals surface area contributed by atoms with Gasteiger partial charge < -0.3 is 10.2 Å². The molecule has 3 nitrogen and oxygen atoms in total. The van der Waals surface area contributed by atoms with Crippen molar-refractivity contribution >= 4 is 21.8 Å². The first-order valence-corrected chi connectivity index (χ1v) is 4.50. The van der Waals surface area contributed by atoms with Crippen molar-refractivity contribution in [3.05, 3.63) is 36.2 Å². The first kappa shape index (κ1) is 10.3. The van der Waals surface area contributed by atoms with Crippen molar-refractivity contribution in [2.45, 2.75) is 6.92 Å². The van der Waals surface area contributed by atoms with Gasteiger partial charge in [-0.15, -0.1) is 0 Å². The molecule has 0 aliphatic carbocycles. The van der Waals surface area contributed by atoms with E-state index in [-0.39, 0.29) is 20.1 Å². The molecule has 0 unspecified atom stereocenters. The zero-order chi connectivity index (χ0) is 9.54. The van der Waals surface area contributed by atoms with E-state index in [0.717, 1.165) is 27.5 Å². The van der Waals surface area contributed by atoms with Crippen LogP contribution in [0.3, 0.4) is 0 Å². The molecule has 0 N–H and O–H groups in total. The minimum atomic E-state index is 0. The van der Waals surface area contributed by atoms with Crippen LogP contribution in [0.4, 0.5) is 0 Å². The van der Waals surface area contributed by atoms with Crippen LogP contribution in [-0.4, -0.2) is 10.1 Å². The van der Waals surface area contributed by atoms with Crippen molar-refractivity contribution in [2.24, 2.45) is 0 Å². The molecular weight excluding hydrogens is 366 g/mol. The third kappa shape index (κ3) is 1.46. The van der Waals surface area contributed by atoms with E-state index in [1.807, 2.05) is 19.1 Å². The summed E-state index contributed by atoms with van der Waals surface area (Å²) in [6, 6.07) is 8.07. The van der Waals surface area contributed by atoms with Crippen molar-refractivity contribution in [3.63, 3.8) is 0 Å². The summed E-state index contributed by atoms with van der Waals surface area (Å²) < 4.78 is 0. The Morgan fingerprint density at radius 1 is 1.20 bits per heavy atom. The van der Waals surface area contributed by atoms with E-state index >= 15 is 0 Å². The Hall–Kier alpha value is -1.25. The van der Waals surface area contributed by atoms with Crippen molar-refractivity contribution < 1.29 is 20.1 Å². The Bertz CT molecular complexity index is 615. The van der Waals surface area contributed by atoms with Crippen LogP contribution >= 0.6 is 0 Å². The van der Waals surface area contributed by atoms with Gasteiger partial charge in [0.15, 0.2) is 0 Å². The molecule has 0 saturated heterocycles. The van der Waals surface area contributed by atoms with E-state index in [1.165, 1.54) is 0 Å². The average molecular weight is 374 g/mol. The molecular formula is C11H8IrN3-. The van der Waals surface area contributed by atoms with Gasteiger partial charge in [0.05, 0.1) is 5.52 Å². The fraction of sp³-hybridized carbons (Fsp3) is 0.0909. The number of benzene rings is 1. The summed E-state index contributed by atoms with van der Waals surface area (Å²) in [5.74, 6) is 0. The van der Waals surface area contributed by atoms with Crippen LogP contribution in [-0.2, 0) is 20.1 Å². The van der Waals surface area contributed by atoms with Gasteiger partial charge in [-0.25, -0.2) is 0 Å². The summed E-state index contributed by atoms with van der Waals surface area (Å²) in [5.41, 5.74) is 2.80. The molecule has 0 aliphatic rings. The van der Waals surface area contributed by atoms with E-state index < -0.39 is 0 Å². The fourth-order valence-electron chi connectivity index (χ4n) is 1.70. The molecule has 0 atom stereocenters. The summed E-state index contributed by atoms with van der Waals surface area (Å²) in [4.78, 5) is 4.32. The summed E-state index contributed by atoms with van der Waals surface area (Å²) >= 11 is 0. The monoisotopic (exact) mass is 375 g/mol. The van der Waals surface area contributed by atoms with Crippen molar-refractivity contribution in [1.82, 2.24) is 15.2 Å². The van der Waals surface area contributed by atoms with Gasteiger partial charge in [0.2, 0.25) is 0 Å². The van der Waals surface area contributed by atoms with E-state index in [2.05, 4.69) is 27.3 Å². The van der Waals surface area contributed by atoms with E-state index in [0.29, 0.717) is 0 Å². The standard InChI is InChI=1S/C11H8N3.Ir/c1-7-9-5-4-8-3-2-6-12-10(8)11(9)14-13-7;/h2-6H,1H3;/q-1;. The molecule has 0 fully saturated rings. The number of hydrogen-bond acceptors (Lipinski definition) is 2. The number of nitrogens with zero attached hydrogens (tertiary/aromatic N) is 3. The van der Waals surface area contributed by atoms with Crippen LogP contribution in [0.15, 0.2) is 30.5 Å². The van der Waals surface area contributed by atoms with E-state index in [1.54, 1.807) is 6.20 Å². The number of rotatable bonds is 0. The zero-order valence-electron chi connectivity index (χ0n) is 8.06. The predicted octanol–water partition coefficient (Wildman–Crippen LogP) is 2.05. The largest absolute Gasteiger partial charge is 0.573 e. The molecule has 2 aromatic heterocycles. The third-order valence-electron chi connectivity index (χ3n) is 2.44. The summed E-state index contributed by atoms with van der Waals surface area (Å²) in [6.45, 7) is 1.96. The molecule has 0 aliphatic heterocycles. The van der Waals surface area contributed by atoms with E-state index in [4.69, 9.17) is 0 Å². The van der Waals surface area contributed by atoms with Crippen molar-refractivity contribution in [3.8, 4) is 0 Å². The molecule has 77 valence electrons. The maximum absolute atomic E-state index is 4.32. The number of hydrogen-bond donors (Lipinski definition) is 0. The summed E-state index contributed by atoms with van der Waals surface area (Å²) in [6.07, 6.45) is 1.78. The van der Waals surface area contributed by atoms with Gasteiger partial charge in [-0.05, 0) is 23.8 Å². The van der Waals surface area contributed by atoms with Gasteiger partial charge in [-0.2, -0.15) is 0 Å². The minimum Gasteiger partial charge on any atom is -0.573 e. The number of pyridine rings is 1. The topological polar surface area (TPSA) is 39.9 Å². The molecule has 0 amide bonds. The van der Waals surface area contributed by atoms with Crippen LogP contribution in [0.5, 0.6) is 0 Å². The predicted molar refractivity (Wildman–Crippen MR) is 55.1 cm³/mol. The molecule has 0 spiro atoms. The Morgan fingerprint density at radius 2 is 2.07 bits per heavy atom. The summed E-state index contributed by atoms with van der Waals surface area (Å²) in [5, 5.41) is 10.4. The Labute approximate surface area is 100 Å². The Kier molecular flexibility index (Phi) is 2.55. The quantitative estimate of drug-likeness (QED) is 0.605. The SMILES string of the molecule is Cc1n[n-]c2c1ccc1cccnc12.[Ir]. The van der Waals surface area contributed by atoms with Gasteiger partial charge >= 0.3 is 0 Å². The molecule has 0 saturated carbocycles. The van der Waals surface area contributed by atoms with Gasteiger partial charge in [0.1, 0.15) is 0 Å². The molecule has 3 aromatic rings. The second-order valence-electron chi connectivity index (χ2n) is 3.32. The van der Waals surface area contributed by atoms with Gasteiger partial charge in [-0.1, -0.05) is 23.7 Å². The van der Waals surface area contributed by atoms with Crippen LogP contribution in [0, 0.1) is 6.92 Å². The zero-order valence-corrected chi connectivity index (χ0v) is 10.5. The first-order chi connectivity index (χ1) is 6.86. The third-order valence-corrected chi connectivity index (χ3v) is 2.44. The molecule has 0 bridgehead atoms. The maximum Gasteiger partial charge on any atom is 0.0572 e. The molecule has 15 heavy (non-hydrogen) atoms. The minimum absolute atomic E-state index is 0. The Balaban J connectivity index is 0.000000853. The molecule has 1 aromatic carbocycles. The second-order valence-corrected chi connectivity index (χ2v) is 3.32. The molecule has 2 heterocycles. The van der Waals surface area contributed by atoms with Crippen LogP contribution < -0.4 is 5.10 Å². The van der Waals surface area contributed by atoms with Crippen molar-refractivity contribution in [2.75, 3.05) is 0 Å². The normalized spacial score (nSPS) is 10.5. The number of aryl methyl sites for hydroxylation is 1. The average Bonchev–Trinajstić information content (AvgIpc) is 2.61. The smallest absolute Gasteiger partial charge is 0.0572 e. The second kappa shape index (κ2) is 3.72. The van der Waals surface area contributed by atoms with Crippen LogP contribution in [0.25, 0.3) is 21.8 Å². The molecule has 1 radical (unpaired) electrons. The number of aromatic nitrogens is 3.